The summed E-state index contributed by atoms with van der Waals surface area (Å²) in [6.45, 7) is 0. The molecule has 82 valence electrons. The zero-order valence-corrected chi connectivity index (χ0v) is 12.3. The van der Waals surface area contributed by atoms with E-state index >= 15 is 0 Å². The van der Waals surface area contributed by atoms with Gasteiger partial charge >= 0.3 is 22.4 Å². The van der Waals surface area contributed by atoms with Crippen LogP contribution in [0.1, 0.15) is 0 Å². The van der Waals surface area contributed by atoms with Gasteiger partial charge in [-0.25, -0.2) is 0 Å². The maximum atomic E-state index is 10.1. The van der Waals surface area contributed by atoms with E-state index < -0.39 is 19.9 Å². The van der Waals surface area contributed by atoms with Crippen LogP contribution in [0.2, 0.25) is 0 Å². The number of hydrogen-bond donors (Lipinski definition) is 0. The van der Waals surface area contributed by atoms with Crippen molar-refractivity contribution in [1.82, 2.24) is 0 Å². The van der Waals surface area contributed by atoms with Gasteiger partial charge in [0.2, 0.25) is 0 Å². The summed E-state index contributed by atoms with van der Waals surface area (Å²) in [6, 6.07) is 0. The second kappa shape index (κ2) is 8.91. The normalized spacial score (nSPS) is 9.83. The Morgan fingerprint density at radius 2 is 0.833 bits per heavy atom. The van der Waals surface area contributed by atoms with Gasteiger partial charge in [-0.05, 0) is 0 Å². The van der Waals surface area contributed by atoms with Crippen LogP contribution in [0.4, 0.5) is 0 Å². The van der Waals surface area contributed by atoms with E-state index in [0.717, 1.165) is 0 Å². The predicted octanol–water partition coefficient (Wildman–Crippen LogP) is -1.92. The Bertz CT molecular complexity index is 136. The van der Waals surface area contributed by atoms with E-state index in [1.54, 1.807) is 25.0 Å². The Morgan fingerprint density at radius 1 is 0.833 bits per heavy atom. The quantitative estimate of drug-likeness (QED) is 0.262. The van der Waals surface area contributed by atoms with E-state index in [1.807, 2.05) is 0 Å². The molecule has 0 amide bonds. The summed E-state index contributed by atoms with van der Waals surface area (Å²) in [5, 5.41) is 0. The van der Waals surface area contributed by atoms with Crippen LogP contribution in [-0.2, 0) is 50.7 Å². The summed E-state index contributed by atoms with van der Waals surface area (Å²) < 4.78 is 20.2. The molecule has 0 fully saturated rings. The molecule has 0 aliphatic rings. The van der Waals surface area contributed by atoms with Crippen molar-refractivity contribution in [2.45, 2.75) is 0 Å². The van der Waals surface area contributed by atoms with Gasteiger partial charge < -0.3 is 12.4 Å². The fourth-order valence-corrected chi connectivity index (χ4v) is 0. The van der Waals surface area contributed by atoms with Crippen molar-refractivity contribution in [3.8, 4) is 0 Å². The predicted molar refractivity (Wildman–Crippen MR) is 50.5 cm³/mol. The largest absolute Gasteiger partial charge is 1.00 e. The van der Waals surface area contributed by atoms with Crippen LogP contribution in [0.3, 0.4) is 0 Å². The minimum atomic E-state index is -1.67. The van der Waals surface area contributed by atoms with Crippen molar-refractivity contribution in [2.75, 3.05) is 25.0 Å². The smallest absolute Gasteiger partial charge is 1.00 e. The van der Waals surface area contributed by atoms with Crippen molar-refractivity contribution in [3.05, 3.63) is 12.5 Å². The van der Waals surface area contributed by atoms with E-state index in [0.29, 0.717) is 0 Å². The summed E-state index contributed by atoms with van der Waals surface area (Å²) in [5.41, 5.74) is 0. The summed E-state index contributed by atoms with van der Waals surface area (Å²) in [5.74, 6) is 0. The molecular formula is C6H16AuClO2S2. The minimum Gasteiger partial charge on any atom is -1.00 e. The van der Waals surface area contributed by atoms with Crippen LogP contribution in [0.5, 0.6) is 0 Å². The van der Waals surface area contributed by atoms with E-state index in [2.05, 4.69) is 12.5 Å². The first-order valence-electron chi connectivity index (χ1n) is 2.54. The Balaban J connectivity index is -0.0000000457. The van der Waals surface area contributed by atoms with E-state index in [-0.39, 0.29) is 34.8 Å². The molecule has 12 heavy (non-hydrogen) atoms. The van der Waals surface area contributed by atoms with Gasteiger partial charge in [0.15, 0.2) is 0 Å². The molecule has 0 saturated carbocycles. The van der Waals surface area contributed by atoms with Crippen molar-refractivity contribution >= 4 is 19.9 Å². The molecule has 0 bridgehead atoms. The molecule has 0 heterocycles. The Hall–Kier alpha value is 1.33. The summed E-state index contributed by atoms with van der Waals surface area (Å²) in [7, 11) is -3.33. The molecule has 0 unspecified atom stereocenters. The Morgan fingerprint density at radius 3 is 0.833 bits per heavy atom. The molecule has 0 aromatic heterocycles. The maximum absolute atomic E-state index is 10.1. The molecule has 0 aliphatic carbocycles. The molecule has 0 aromatic carbocycles. The topological polar surface area (TPSA) is 34.1 Å². The first-order valence-corrected chi connectivity index (χ1v) is 7.63. The first kappa shape index (κ1) is 23.3. The monoisotopic (exact) mass is 416 g/mol. The molecule has 0 spiro atoms. The fraction of sp³-hybridized carbons (Fsp3) is 0.667. The first-order chi connectivity index (χ1) is 4.00. The molecule has 0 atom stereocenters. The maximum Gasteiger partial charge on any atom is 1.00 e. The zero-order chi connectivity index (χ0) is 9.00. The van der Waals surface area contributed by atoms with Crippen LogP contribution in [0.15, 0.2) is 0 Å². The Labute approximate surface area is 100 Å². The van der Waals surface area contributed by atoms with Crippen LogP contribution in [0, 0.1) is 12.5 Å². The summed E-state index contributed by atoms with van der Waals surface area (Å²) in [4.78, 5) is 0. The second-order valence-electron chi connectivity index (χ2n) is 2.87. The number of rotatable bonds is 0. The number of hydrogen-bond acceptors (Lipinski definition) is 2. The van der Waals surface area contributed by atoms with E-state index in [9.17, 15) is 8.42 Å². The van der Waals surface area contributed by atoms with Gasteiger partial charge in [0.25, 0.3) is 0 Å². The van der Waals surface area contributed by atoms with Crippen molar-refractivity contribution < 1.29 is 43.2 Å². The van der Waals surface area contributed by atoms with Crippen LogP contribution in [-0.4, -0.2) is 25.0 Å². The molecule has 0 radical (unpaired) electrons. The average Bonchev–Trinajstić information content (AvgIpc) is 1.12. The molecular weight excluding hydrogens is 401 g/mol. The summed E-state index contributed by atoms with van der Waals surface area (Å²) >= 11 is 0. The minimum absolute atomic E-state index is 0. The van der Waals surface area contributed by atoms with Gasteiger partial charge in [0.1, 0.15) is 0 Å². The van der Waals surface area contributed by atoms with Crippen molar-refractivity contribution in [3.63, 3.8) is 0 Å². The molecule has 2 nitrogen and oxygen atoms in total. The molecule has 0 rings (SSSR count). The van der Waals surface area contributed by atoms with E-state index in [4.69, 9.17) is 0 Å². The van der Waals surface area contributed by atoms with Gasteiger partial charge in [-0.15, -0.1) is 20.9 Å². The zero-order valence-electron chi connectivity index (χ0n) is 7.73. The van der Waals surface area contributed by atoms with Crippen molar-refractivity contribution in [1.29, 1.82) is 0 Å². The molecule has 0 N–H and O–H groups in total. The third-order valence-electron chi connectivity index (χ3n) is 0. The van der Waals surface area contributed by atoms with Gasteiger partial charge in [0.05, 0.1) is 25.0 Å². The average molecular weight is 417 g/mol. The van der Waals surface area contributed by atoms with Crippen LogP contribution in [0.25, 0.3) is 0 Å². The molecule has 0 aromatic rings. The molecule has 0 aliphatic heterocycles. The third kappa shape index (κ3) is 683. The Kier molecular flexibility index (Phi) is 17.3. The standard InChI is InChI=1S/2C3H8OS.Au.ClH/c2*1-5(2,3)4;;/h2*1H2,2-3H3;;1H/q;;+1;/p-1. The van der Waals surface area contributed by atoms with Gasteiger partial charge in [-0.3, -0.25) is 0 Å². The van der Waals surface area contributed by atoms with Crippen molar-refractivity contribution in [2.24, 2.45) is 0 Å². The van der Waals surface area contributed by atoms with E-state index in [1.165, 1.54) is 0 Å². The van der Waals surface area contributed by atoms with Gasteiger partial charge in [-0.1, -0.05) is 19.9 Å². The third-order valence-corrected chi connectivity index (χ3v) is 0. The second-order valence-corrected chi connectivity index (χ2v) is 8.62. The van der Waals surface area contributed by atoms with Gasteiger partial charge in [-0.2, -0.15) is 0 Å². The van der Waals surface area contributed by atoms with Gasteiger partial charge in [0, 0.05) is 0 Å². The molecule has 6 heteroatoms. The fourth-order valence-electron chi connectivity index (χ4n) is 0. The summed E-state index contributed by atoms with van der Waals surface area (Å²) in [6.07, 6.45) is 13.0. The van der Waals surface area contributed by atoms with Crippen LogP contribution >= 0.6 is 0 Å². The van der Waals surface area contributed by atoms with Crippen LogP contribution < -0.4 is 12.4 Å². The molecule has 0 saturated heterocycles. The number of halogens is 1. The SMILES string of the molecule is [Au+].[CH2-][S+](C)(C)=O.[CH2-][S+](C)(C)=O.[Cl-].